The Bertz CT molecular complexity index is 639. The van der Waals surface area contributed by atoms with Gasteiger partial charge in [0.05, 0.1) is 7.11 Å². The first-order chi connectivity index (χ1) is 9.72. The van der Waals surface area contributed by atoms with Crippen molar-refractivity contribution in [3.05, 3.63) is 46.2 Å². The van der Waals surface area contributed by atoms with E-state index in [1.165, 1.54) is 0 Å². The van der Waals surface area contributed by atoms with Crippen molar-refractivity contribution in [2.45, 2.75) is 5.41 Å². The van der Waals surface area contributed by atoms with Gasteiger partial charge in [-0.25, -0.2) is 0 Å². The third-order valence-corrected chi connectivity index (χ3v) is 4.68. The predicted octanol–water partition coefficient (Wildman–Crippen LogP) is 2.18. The molecule has 0 saturated heterocycles. The Kier molecular flexibility index (Phi) is 3.14. The molecule has 1 N–H and O–H groups in total. The molecule has 1 aliphatic heterocycles. The van der Waals surface area contributed by atoms with Crippen molar-refractivity contribution in [3.8, 4) is 11.5 Å². The maximum absolute atomic E-state index is 12.6. The molecule has 0 bridgehead atoms. The second kappa shape index (κ2) is 4.83. The van der Waals surface area contributed by atoms with Crippen LogP contribution in [0.15, 0.2) is 35.7 Å². The minimum absolute atomic E-state index is 0.0630. The summed E-state index contributed by atoms with van der Waals surface area (Å²) in [6.45, 7) is 0.315. The van der Waals surface area contributed by atoms with Gasteiger partial charge in [0, 0.05) is 17.5 Å². The number of rotatable bonds is 3. The van der Waals surface area contributed by atoms with Gasteiger partial charge in [0.15, 0.2) is 0 Å². The molecule has 1 aromatic carbocycles. The third-order valence-electron chi connectivity index (χ3n) is 3.65. The van der Waals surface area contributed by atoms with Gasteiger partial charge in [-0.15, -0.1) is 11.3 Å². The number of methoxy groups -OCH3 is 1. The van der Waals surface area contributed by atoms with Crippen molar-refractivity contribution >= 4 is 17.2 Å². The fraction of sp³-hybridized carbons (Fsp3) is 0.267. The molecule has 5 heteroatoms. The van der Waals surface area contributed by atoms with E-state index in [0.29, 0.717) is 6.61 Å². The second-order valence-electron chi connectivity index (χ2n) is 4.61. The zero-order valence-corrected chi connectivity index (χ0v) is 12.1. The summed E-state index contributed by atoms with van der Waals surface area (Å²) in [5, 5.41) is 4.73. The molecule has 1 aromatic heterocycles. The zero-order chi connectivity index (χ0) is 14.2. The van der Waals surface area contributed by atoms with E-state index in [0.717, 1.165) is 21.9 Å². The van der Waals surface area contributed by atoms with Crippen molar-refractivity contribution in [3.63, 3.8) is 0 Å². The van der Waals surface area contributed by atoms with Crippen LogP contribution >= 0.6 is 11.3 Å². The molecular weight excluding hydrogens is 274 g/mol. The van der Waals surface area contributed by atoms with Crippen molar-refractivity contribution in [2.75, 3.05) is 20.8 Å². The molecule has 2 aromatic rings. The first-order valence-electron chi connectivity index (χ1n) is 6.30. The topological polar surface area (TPSA) is 47.6 Å². The molecule has 1 amide bonds. The Morgan fingerprint density at radius 2 is 2.30 bits per heavy atom. The molecule has 0 fully saturated rings. The molecule has 0 radical (unpaired) electrons. The Balaban J connectivity index is 2.23. The van der Waals surface area contributed by atoms with Gasteiger partial charge in [0.25, 0.3) is 0 Å². The SMILES string of the molecule is CNC(=O)C1(c2cccs2)COc2ccc(OC)cc21. The minimum atomic E-state index is -0.785. The van der Waals surface area contributed by atoms with E-state index in [4.69, 9.17) is 9.47 Å². The Morgan fingerprint density at radius 1 is 1.45 bits per heavy atom. The second-order valence-corrected chi connectivity index (χ2v) is 5.56. The summed E-state index contributed by atoms with van der Waals surface area (Å²) in [5.41, 5.74) is 0.0749. The van der Waals surface area contributed by atoms with Crippen molar-refractivity contribution < 1.29 is 14.3 Å². The maximum Gasteiger partial charge on any atom is 0.239 e. The van der Waals surface area contributed by atoms with E-state index in [-0.39, 0.29) is 5.91 Å². The normalized spacial score (nSPS) is 20.1. The van der Waals surface area contributed by atoms with Crippen LogP contribution in [0.3, 0.4) is 0 Å². The van der Waals surface area contributed by atoms with Gasteiger partial charge in [0.1, 0.15) is 23.5 Å². The highest BCUT2D eigenvalue weighted by Gasteiger charge is 2.49. The van der Waals surface area contributed by atoms with Crippen LogP contribution < -0.4 is 14.8 Å². The van der Waals surface area contributed by atoms with E-state index in [1.807, 2.05) is 35.7 Å². The van der Waals surface area contributed by atoms with Crippen LogP contribution in [0.4, 0.5) is 0 Å². The molecule has 1 atom stereocenters. The Hall–Kier alpha value is -2.01. The lowest BCUT2D eigenvalue weighted by atomic mass is 9.80. The number of hydrogen-bond donors (Lipinski definition) is 1. The van der Waals surface area contributed by atoms with E-state index in [2.05, 4.69) is 5.32 Å². The van der Waals surface area contributed by atoms with Crippen molar-refractivity contribution in [1.29, 1.82) is 0 Å². The average Bonchev–Trinajstić information content (AvgIpc) is 3.13. The molecule has 1 unspecified atom stereocenters. The highest BCUT2D eigenvalue weighted by molar-refractivity contribution is 7.10. The van der Waals surface area contributed by atoms with Crippen LogP contribution in [0, 0.1) is 0 Å². The number of thiophene rings is 1. The summed E-state index contributed by atoms with van der Waals surface area (Å²) in [7, 11) is 3.26. The lowest BCUT2D eigenvalue weighted by Crippen LogP contribution is -2.44. The number of hydrogen-bond acceptors (Lipinski definition) is 4. The summed E-state index contributed by atoms with van der Waals surface area (Å²) >= 11 is 1.56. The first kappa shape index (κ1) is 13.0. The van der Waals surface area contributed by atoms with E-state index < -0.39 is 5.41 Å². The van der Waals surface area contributed by atoms with E-state index >= 15 is 0 Å². The average molecular weight is 289 g/mol. The van der Waals surface area contributed by atoms with E-state index in [1.54, 1.807) is 25.5 Å². The highest BCUT2D eigenvalue weighted by atomic mass is 32.1. The van der Waals surface area contributed by atoms with Crippen LogP contribution in [-0.2, 0) is 10.2 Å². The summed E-state index contributed by atoms with van der Waals surface area (Å²) in [6.07, 6.45) is 0. The number of benzene rings is 1. The number of carbonyl (C=O) groups excluding carboxylic acids is 1. The first-order valence-corrected chi connectivity index (χ1v) is 7.18. The van der Waals surface area contributed by atoms with Crippen molar-refractivity contribution in [2.24, 2.45) is 0 Å². The lowest BCUT2D eigenvalue weighted by Gasteiger charge is -2.25. The summed E-state index contributed by atoms with van der Waals surface area (Å²) in [6, 6.07) is 9.50. The van der Waals surface area contributed by atoms with Crippen LogP contribution in [0.1, 0.15) is 10.4 Å². The fourth-order valence-electron chi connectivity index (χ4n) is 2.60. The number of fused-ring (bicyclic) bond motifs is 1. The molecule has 20 heavy (non-hydrogen) atoms. The Labute approximate surface area is 121 Å². The highest BCUT2D eigenvalue weighted by Crippen LogP contribution is 2.46. The summed E-state index contributed by atoms with van der Waals surface area (Å²) in [5.74, 6) is 1.40. The van der Waals surface area contributed by atoms with Gasteiger partial charge in [-0.05, 0) is 29.6 Å². The molecule has 4 nitrogen and oxygen atoms in total. The van der Waals surface area contributed by atoms with Gasteiger partial charge in [-0.1, -0.05) is 6.07 Å². The molecule has 0 saturated carbocycles. The largest absolute Gasteiger partial charge is 0.497 e. The molecule has 0 aliphatic carbocycles. The number of likely N-dealkylation sites (N-methyl/N-ethyl adjacent to an activating group) is 1. The lowest BCUT2D eigenvalue weighted by molar-refractivity contribution is -0.125. The molecular formula is C15H15NO3S. The molecule has 1 aliphatic rings. The summed E-state index contributed by atoms with van der Waals surface area (Å²) in [4.78, 5) is 13.5. The van der Waals surface area contributed by atoms with Crippen molar-refractivity contribution in [1.82, 2.24) is 5.32 Å². The molecule has 2 heterocycles. The Morgan fingerprint density at radius 3 is 2.95 bits per heavy atom. The van der Waals surface area contributed by atoms with Gasteiger partial charge in [0.2, 0.25) is 5.91 Å². The van der Waals surface area contributed by atoms with Gasteiger partial charge < -0.3 is 14.8 Å². The zero-order valence-electron chi connectivity index (χ0n) is 11.3. The molecule has 104 valence electrons. The van der Waals surface area contributed by atoms with Gasteiger partial charge in [-0.2, -0.15) is 0 Å². The number of ether oxygens (including phenoxy) is 2. The monoisotopic (exact) mass is 289 g/mol. The summed E-state index contributed by atoms with van der Waals surface area (Å²) < 4.78 is 11.0. The third kappa shape index (κ3) is 1.70. The quantitative estimate of drug-likeness (QED) is 0.942. The number of carbonyl (C=O) groups is 1. The predicted molar refractivity (Wildman–Crippen MR) is 77.7 cm³/mol. The smallest absolute Gasteiger partial charge is 0.239 e. The number of amides is 1. The van der Waals surface area contributed by atoms with Crippen LogP contribution in [0.5, 0.6) is 11.5 Å². The van der Waals surface area contributed by atoms with Gasteiger partial charge >= 0.3 is 0 Å². The fourth-order valence-corrected chi connectivity index (χ4v) is 3.52. The maximum atomic E-state index is 12.6. The minimum Gasteiger partial charge on any atom is -0.497 e. The standard InChI is InChI=1S/C15H15NO3S/c1-16-14(17)15(13-4-3-7-20-13)9-19-12-6-5-10(18-2)8-11(12)15/h3-8H,9H2,1-2H3,(H,16,17). The van der Waals surface area contributed by atoms with Crippen LogP contribution in [-0.4, -0.2) is 26.7 Å². The molecule has 0 spiro atoms. The van der Waals surface area contributed by atoms with Crippen LogP contribution in [0.2, 0.25) is 0 Å². The van der Waals surface area contributed by atoms with Gasteiger partial charge in [-0.3, -0.25) is 4.79 Å². The number of nitrogens with one attached hydrogen (secondary N) is 1. The van der Waals surface area contributed by atoms with Crippen LogP contribution in [0.25, 0.3) is 0 Å². The molecule has 3 rings (SSSR count). The van der Waals surface area contributed by atoms with E-state index in [9.17, 15) is 4.79 Å².